The van der Waals surface area contributed by atoms with E-state index >= 15 is 0 Å². The predicted octanol–water partition coefficient (Wildman–Crippen LogP) is 7.02. The highest BCUT2D eigenvalue weighted by Crippen LogP contribution is 2.52. The van der Waals surface area contributed by atoms with E-state index in [4.69, 9.17) is 19.9 Å². The molecule has 12 rings (SSSR count). The van der Waals surface area contributed by atoms with Crippen LogP contribution in [0.25, 0.3) is 99.9 Å². The van der Waals surface area contributed by atoms with Gasteiger partial charge in [0.15, 0.2) is 22.6 Å². The van der Waals surface area contributed by atoms with E-state index in [1.807, 2.05) is 0 Å². The molecule has 0 spiro atoms. The quantitative estimate of drug-likeness (QED) is 0.220. The van der Waals surface area contributed by atoms with Gasteiger partial charge in [-0.15, -0.1) is 0 Å². The van der Waals surface area contributed by atoms with Crippen molar-refractivity contribution in [1.82, 2.24) is 33.5 Å². The smallest absolute Gasteiger partial charge is 0.163 e. The summed E-state index contributed by atoms with van der Waals surface area (Å²) >= 11 is 0. The summed E-state index contributed by atoms with van der Waals surface area (Å²) in [4.78, 5) is 22.2. The number of aromatic nitrogens is 7. The van der Waals surface area contributed by atoms with Crippen LogP contribution >= 0.6 is 0 Å². The van der Waals surface area contributed by atoms with Crippen molar-refractivity contribution in [3.63, 3.8) is 0 Å². The van der Waals surface area contributed by atoms with Gasteiger partial charge in [0.05, 0.1) is 22.8 Å². The van der Waals surface area contributed by atoms with Crippen LogP contribution in [0.2, 0.25) is 0 Å². The lowest BCUT2D eigenvalue weighted by Crippen LogP contribution is -2.01. The van der Waals surface area contributed by atoms with Crippen LogP contribution in [0.3, 0.4) is 0 Å². The van der Waals surface area contributed by atoms with Crippen molar-refractivity contribution in [2.45, 2.75) is 0 Å². The van der Waals surface area contributed by atoms with Crippen molar-refractivity contribution in [2.24, 2.45) is 7.05 Å². The summed E-state index contributed by atoms with van der Waals surface area (Å²) in [5.41, 5.74) is 11.4. The monoisotopic (exact) mass is 511 g/mol. The summed E-state index contributed by atoms with van der Waals surface area (Å²) in [7, 11) is 2.06. The first-order valence-corrected chi connectivity index (χ1v) is 13.4. The molecule has 2 aliphatic carbocycles. The Morgan fingerprint density at radius 3 is 1.12 bits per heavy atom. The maximum atomic E-state index is 5.55. The molecule has 3 aromatic carbocycles. The number of hydrogen-bond acceptors (Lipinski definition) is 4. The normalized spacial score (nSPS) is 13.1. The third-order valence-electron chi connectivity index (χ3n) is 8.79. The Morgan fingerprint density at radius 1 is 0.425 bits per heavy atom. The first kappa shape index (κ1) is 19.5. The van der Waals surface area contributed by atoms with E-state index in [0.717, 1.165) is 99.9 Å². The minimum atomic E-state index is 0.839. The predicted molar refractivity (Wildman–Crippen MR) is 157 cm³/mol. The van der Waals surface area contributed by atoms with Gasteiger partial charge in [-0.1, -0.05) is 72.8 Å². The van der Waals surface area contributed by atoms with Crippen LogP contribution in [0.5, 0.6) is 0 Å². The highest BCUT2D eigenvalue weighted by molar-refractivity contribution is 6.23. The molecule has 0 saturated heterocycles. The van der Waals surface area contributed by atoms with E-state index in [0.29, 0.717) is 0 Å². The molecule has 2 aliphatic rings. The third kappa shape index (κ3) is 1.97. The largest absolute Gasteiger partial charge is 0.356 e. The Hall–Kier alpha value is -5.56. The van der Waals surface area contributed by atoms with Crippen molar-refractivity contribution in [1.29, 1.82) is 0 Å². The molecule has 7 heterocycles. The highest BCUT2D eigenvalue weighted by Gasteiger charge is 2.33. The minimum absolute atomic E-state index is 0.839. The number of hydrogen-bond donors (Lipinski definition) is 0. The van der Waals surface area contributed by atoms with Gasteiger partial charge in [-0.05, 0) is 0 Å². The van der Waals surface area contributed by atoms with Crippen molar-refractivity contribution in [2.75, 3.05) is 0 Å². The van der Waals surface area contributed by atoms with Gasteiger partial charge in [-0.25, -0.2) is 29.0 Å². The molecule has 0 amide bonds. The van der Waals surface area contributed by atoms with Crippen molar-refractivity contribution >= 4 is 54.9 Å². The molecular formula is C33H17N7. The second kappa shape index (κ2) is 6.18. The van der Waals surface area contributed by atoms with E-state index < -0.39 is 0 Å². The number of fused-ring (bicyclic) bond motifs is 4. The molecule has 0 saturated carbocycles. The lowest BCUT2D eigenvalue weighted by Gasteiger charge is -2.04. The van der Waals surface area contributed by atoms with Crippen LogP contribution in [0, 0.1) is 0 Å². The lowest BCUT2D eigenvalue weighted by molar-refractivity contribution is 0.885. The summed E-state index contributed by atoms with van der Waals surface area (Å²) in [5.74, 6) is 0. The van der Waals surface area contributed by atoms with Crippen molar-refractivity contribution in [3.05, 3.63) is 85.2 Å². The van der Waals surface area contributed by atoms with E-state index in [1.165, 1.54) is 0 Å². The molecule has 0 fully saturated rings. The lowest BCUT2D eigenvalue weighted by atomic mass is 10.1. The zero-order valence-electron chi connectivity index (χ0n) is 21.2. The molecule has 7 nitrogen and oxygen atoms in total. The molecule has 0 aliphatic heterocycles. The Kier molecular flexibility index (Phi) is 3.01. The summed E-state index contributed by atoms with van der Waals surface area (Å²) < 4.78 is 6.40. The summed E-state index contributed by atoms with van der Waals surface area (Å²) in [6, 6.07) is 25.4. The average molecular weight is 512 g/mol. The first-order valence-electron chi connectivity index (χ1n) is 13.4. The Bertz CT molecular complexity index is 2490. The van der Waals surface area contributed by atoms with E-state index in [9.17, 15) is 0 Å². The molecule has 12 bridgehead atoms. The molecule has 7 heteroatoms. The third-order valence-corrected chi connectivity index (χ3v) is 8.79. The maximum absolute atomic E-state index is 5.55. The van der Waals surface area contributed by atoms with Crippen LogP contribution in [-0.4, -0.2) is 33.5 Å². The molecule has 7 aromatic heterocycles. The highest BCUT2D eigenvalue weighted by atomic mass is 15.4. The van der Waals surface area contributed by atoms with Gasteiger partial charge in [0, 0.05) is 74.0 Å². The van der Waals surface area contributed by atoms with Crippen molar-refractivity contribution < 1.29 is 0 Å². The number of nitrogens with zero attached hydrogens (tertiary/aromatic N) is 7. The van der Waals surface area contributed by atoms with Crippen LogP contribution in [0.1, 0.15) is 0 Å². The zero-order chi connectivity index (χ0) is 25.9. The minimum Gasteiger partial charge on any atom is -0.356 e. The molecular weight excluding hydrogens is 494 g/mol. The average Bonchev–Trinajstić information content (AvgIpc) is 3.75. The van der Waals surface area contributed by atoms with Gasteiger partial charge in [0.25, 0.3) is 0 Å². The maximum Gasteiger partial charge on any atom is 0.163 e. The summed E-state index contributed by atoms with van der Waals surface area (Å²) in [5, 5.41) is 6.23. The topological polar surface area (TPSA) is 65.3 Å². The van der Waals surface area contributed by atoms with E-state index in [-0.39, 0.29) is 0 Å². The van der Waals surface area contributed by atoms with E-state index in [2.05, 4.69) is 106 Å². The van der Waals surface area contributed by atoms with Crippen molar-refractivity contribution in [3.8, 4) is 45.0 Å². The molecule has 10 aromatic rings. The standard InChI is InChI=1S/C33H17N7/c1-38-14-22-23(15-38)29-25-24-26-16-8-2-3-9-17(16)27(24)35-31-19-11-5-7-13-21(19)33(37-29)40(31)39-30(34-26)18-10-4-6-12-20(18)32(39)36-28(22)25/h2-15H,1H3. The Labute approximate surface area is 225 Å². The first-order chi connectivity index (χ1) is 19.8. The second-order valence-electron chi connectivity index (χ2n) is 10.9. The molecule has 0 N–H and O–H groups in total. The number of aryl methyl sites for hydroxylation is 1. The van der Waals surface area contributed by atoms with Gasteiger partial charge in [0.1, 0.15) is 0 Å². The Balaban J connectivity index is 1.67. The van der Waals surface area contributed by atoms with Crippen LogP contribution in [0.4, 0.5) is 0 Å². The fraction of sp³-hybridized carbons (Fsp3) is 0.0303. The van der Waals surface area contributed by atoms with E-state index in [1.54, 1.807) is 0 Å². The number of benzene rings is 3. The molecule has 40 heavy (non-hydrogen) atoms. The van der Waals surface area contributed by atoms with Crippen LogP contribution < -0.4 is 0 Å². The molecule has 0 unspecified atom stereocenters. The summed E-state index contributed by atoms with van der Waals surface area (Å²) in [6.07, 6.45) is 4.33. The fourth-order valence-electron chi connectivity index (χ4n) is 7.19. The van der Waals surface area contributed by atoms with Crippen LogP contribution in [0.15, 0.2) is 85.2 Å². The number of rotatable bonds is 0. The summed E-state index contributed by atoms with van der Waals surface area (Å²) in [6.45, 7) is 0. The molecule has 0 radical (unpaired) electrons. The second-order valence-corrected chi connectivity index (χ2v) is 10.9. The Morgan fingerprint density at radius 2 is 0.750 bits per heavy atom. The van der Waals surface area contributed by atoms with Gasteiger partial charge in [0.2, 0.25) is 0 Å². The van der Waals surface area contributed by atoms with Gasteiger partial charge < -0.3 is 4.57 Å². The van der Waals surface area contributed by atoms with Gasteiger partial charge in [-0.3, -0.25) is 0 Å². The molecule has 184 valence electrons. The van der Waals surface area contributed by atoms with Gasteiger partial charge in [-0.2, -0.15) is 0 Å². The SMILES string of the molecule is Cn1cc2c(c1)-c1nc3c4ccccc4c4nc5c6c(nc7c8ccccc8c(nc-2c16)n7n43)-c1ccccc1-5. The fourth-order valence-corrected chi connectivity index (χ4v) is 7.19. The molecule has 0 atom stereocenters. The van der Waals surface area contributed by atoms with Gasteiger partial charge >= 0.3 is 0 Å². The zero-order valence-corrected chi connectivity index (χ0v) is 21.2. The van der Waals surface area contributed by atoms with Crippen LogP contribution in [-0.2, 0) is 7.05 Å².